The molecule has 0 atom stereocenters. The van der Waals surface area contributed by atoms with E-state index in [4.69, 9.17) is 11.6 Å². The van der Waals surface area contributed by atoms with Crippen LogP contribution in [-0.2, 0) is 6.18 Å². The largest absolute Gasteiger partial charge is 0.416 e. The third-order valence-electron chi connectivity index (χ3n) is 3.29. The zero-order valence-corrected chi connectivity index (χ0v) is 12.2. The molecule has 1 rings (SSSR count). The number of benzene rings is 1. The van der Waals surface area contributed by atoms with Crippen molar-refractivity contribution in [3.05, 3.63) is 29.6 Å². The van der Waals surface area contributed by atoms with Crippen molar-refractivity contribution in [1.82, 2.24) is 0 Å². The van der Waals surface area contributed by atoms with Crippen molar-refractivity contribution in [2.45, 2.75) is 38.9 Å². The smallest absolute Gasteiger partial charge is 0.365 e. The van der Waals surface area contributed by atoms with Gasteiger partial charge < -0.3 is 4.90 Å². The Bertz CT molecular complexity index is 430. The van der Waals surface area contributed by atoms with Gasteiger partial charge in [0.2, 0.25) is 0 Å². The van der Waals surface area contributed by atoms with E-state index in [1.54, 1.807) is 4.90 Å². The molecule has 6 heteroatoms. The summed E-state index contributed by atoms with van der Waals surface area (Å²) in [4.78, 5) is 1.74. The van der Waals surface area contributed by atoms with Gasteiger partial charge in [0.15, 0.2) is 0 Å². The Labute approximate surface area is 121 Å². The lowest BCUT2D eigenvalue weighted by Crippen LogP contribution is -2.36. The molecular weight excluding hydrogens is 294 g/mol. The van der Waals surface area contributed by atoms with Gasteiger partial charge in [0.1, 0.15) is 5.82 Å². The van der Waals surface area contributed by atoms with Gasteiger partial charge in [0.05, 0.1) is 11.3 Å². The number of hydrogen-bond acceptors (Lipinski definition) is 1. The number of rotatable bonds is 6. The van der Waals surface area contributed by atoms with E-state index in [2.05, 4.69) is 0 Å². The van der Waals surface area contributed by atoms with E-state index in [0.29, 0.717) is 12.6 Å². The molecule has 1 aromatic carbocycles. The summed E-state index contributed by atoms with van der Waals surface area (Å²) < 4.78 is 51.6. The fraction of sp³-hybridized carbons (Fsp3) is 0.571. The third-order valence-corrected chi connectivity index (χ3v) is 3.46. The van der Waals surface area contributed by atoms with Crippen LogP contribution in [-0.4, -0.2) is 18.5 Å². The highest BCUT2D eigenvalue weighted by Gasteiger charge is 2.32. The average molecular weight is 312 g/mol. The number of nitrogens with zero attached hydrogens (tertiary/aromatic N) is 1. The highest BCUT2D eigenvalue weighted by atomic mass is 35.5. The Morgan fingerprint density at radius 2 is 1.80 bits per heavy atom. The zero-order chi connectivity index (χ0) is 15.3. The Hall–Kier alpha value is -0.970. The molecule has 0 unspecified atom stereocenters. The van der Waals surface area contributed by atoms with Gasteiger partial charge in [-0.25, -0.2) is 4.39 Å². The predicted octanol–water partition coefficient (Wildman–Crippen LogP) is 5.08. The molecule has 114 valence electrons. The van der Waals surface area contributed by atoms with Crippen molar-refractivity contribution in [2.75, 3.05) is 17.3 Å². The van der Waals surface area contributed by atoms with Crippen molar-refractivity contribution in [3.63, 3.8) is 0 Å². The van der Waals surface area contributed by atoms with E-state index < -0.39 is 17.6 Å². The molecule has 0 fully saturated rings. The molecule has 0 bridgehead atoms. The molecule has 0 amide bonds. The van der Waals surface area contributed by atoms with Crippen LogP contribution in [0.2, 0.25) is 0 Å². The minimum Gasteiger partial charge on any atom is -0.365 e. The molecule has 1 nitrogen and oxygen atoms in total. The fourth-order valence-electron chi connectivity index (χ4n) is 2.24. The molecule has 0 saturated carbocycles. The van der Waals surface area contributed by atoms with Gasteiger partial charge in [-0.05, 0) is 31.0 Å². The maximum Gasteiger partial charge on any atom is 0.416 e. The van der Waals surface area contributed by atoms with E-state index in [1.807, 2.05) is 13.8 Å². The average Bonchev–Trinajstić information content (AvgIpc) is 2.38. The summed E-state index contributed by atoms with van der Waals surface area (Å²) in [7, 11) is 0. The first-order valence-corrected chi connectivity index (χ1v) is 7.07. The summed E-state index contributed by atoms with van der Waals surface area (Å²) >= 11 is 5.72. The highest BCUT2D eigenvalue weighted by molar-refractivity contribution is 6.18. The van der Waals surface area contributed by atoms with Crippen molar-refractivity contribution >= 4 is 17.3 Å². The summed E-state index contributed by atoms with van der Waals surface area (Å²) in [5.41, 5.74) is -0.804. The van der Waals surface area contributed by atoms with E-state index in [0.717, 1.165) is 18.9 Å². The van der Waals surface area contributed by atoms with Crippen molar-refractivity contribution in [3.8, 4) is 0 Å². The van der Waals surface area contributed by atoms with Crippen LogP contribution in [0.25, 0.3) is 0 Å². The predicted molar refractivity (Wildman–Crippen MR) is 73.8 cm³/mol. The maximum absolute atomic E-state index is 14.0. The summed E-state index contributed by atoms with van der Waals surface area (Å²) in [6, 6.07) is 2.68. The van der Waals surface area contributed by atoms with E-state index in [9.17, 15) is 17.6 Å². The van der Waals surface area contributed by atoms with Gasteiger partial charge in [-0.3, -0.25) is 0 Å². The standard InChI is InChI=1S/C14H18ClF4N/c1-3-11(4-2)20(8-7-15)13-6-5-10(9-12(13)16)14(17,18)19/h5-6,9,11H,3-4,7-8H2,1-2H3. The van der Waals surface area contributed by atoms with Crippen LogP contribution < -0.4 is 4.90 Å². The first-order chi connectivity index (χ1) is 9.35. The van der Waals surface area contributed by atoms with Crippen molar-refractivity contribution < 1.29 is 17.6 Å². The lowest BCUT2D eigenvalue weighted by Gasteiger charge is -2.32. The van der Waals surface area contributed by atoms with Gasteiger partial charge in [-0.1, -0.05) is 13.8 Å². The zero-order valence-electron chi connectivity index (χ0n) is 11.5. The maximum atomic E-state index is 14.0. The first kappa shape index (κ1) is 17.1. The van der Waals surface area contributed by atoms with Crippen LogP contribution in [0.4, 0.5) is 23.2 Å². The van der Waals surface area contributed by atoms with Crippen LogP contribution in [0, 0.1) is 5.82 Å². The van der Waals surface area contributed by atoms with Gasteiger partial charge in [-0.15, -0.1) is 11.6 Å². The number of halogens is 5. The quantitative estimate of drug-likeness (QED) is 0.523. The molecule has 0 saturated heterocycles. The van der Waals surface area contributed by atoms with Gasteiger partial charge in [0.25, 0.3) is 0 Å². The Morgan fingerprint density at radius 3 is 2.20 bits per heavy atom. The minimum atomic E-state index is -4.54. The van der Waals surface area contributed by atoms with Crippen molar-refractivity contribution in [2.24, 2.45) is 0 Å². The molecule has 20 heavy (non-hydrogen) atoms. The van der Waals surface area contributed by atoms with E-state index >= 15 is 0 Å². The van der Waals surface area contributed by atoms with Crippen LogP contribution in [0.5, 0.6) is 0 Å². The number of hydrogen-bond donors (Lipinski definition) is 0. The SMILES string of the molecule is CCC(CC)N(CCCl)c1ccc(C(F)(F)F)cc1F. The number of alkyl halides is 4. The van der Waals surface area contributed by atoms with Crippen LogP contribution in [0.3, 0.4) is 0 Å². The second kappa shape index (κ2) is 7.16. The molecule has 0 aromatic heterocycles. The normalized spacial score (nSPS) is 12.0. The lowest BCUT2D eigenvalue weighted by molar-refractivity contribution is -0.137. The van der Waals surface area contributed by atoms with Gasteiger partial charge in [0, 0.05) is 18.5 Å². The fourth-order valence-corrected chi connectivity index (χ4v) is 2.42. The molecule has 0 heterocycles. The number of anilines is 1. The summed E-state index contributed by atoms with van der Waals surface area (Å²) in [5.74, 6) is -0.575. The van der Waals surface area contributed by atoms with Crippen LogP contribution in [0.1, 0.15) is 32.3 Å². The molecule has 1 aromatic rings. The second-order valence-electron chi connectivity index (χ2n) is 4.52. The minimum absolute atomic E-state index is 0.0555. The van der Waals surface area contributed by atoms with Gasteiger partial charge in [-0.2, -0.15) is 13.2 Å². The monoisotopic (exact) mass is 311 g/mol. The molecule has 0 spiro atoms. The molecule has 0 aliphatic carbocycles. The van der Waals surface area contributed by atoms with Crippen LogP contribution in [0.15, 0.2) is 18.2 Å². The van der Waals surface area contributed by atoms with Crippen LogP contribution >= 0.6 is 11.6 Å². The van der Waals surface area contributed by atoms with E-state index in [-0.39, 0.29) is 17.6 Å². The third kappa shape index (κ3) is 4.01. The Balaban J connectivity index is 3.15. The second-order valence-corrected chi connectivity index (χ2v) is 4.89. The summed E-state index contributed by atoms with van der Waals surface area (Å²) in [6.07, 6.45) is -2.99. The van der Waals surface area contributed by atoms with Crippen molar-refractivity contribution in [1.29, 1.82) is 0 Å². The summed E-state index contributed by atoms with van der Waals surface area (Å²) in [6.45, 7) is 4.31. The summed E-state index contributed by atoms with van der Waals surface area (Å²) in [5, 5.41) is 0. The molecular formula is C14H18ClF4N. The lowest BCUT2D eigenvalue weighted by atomic mass is 10.1. The molecule has 0 aliphatic heterocycles. The Kier molecular flexibility index (Phi) is 6.11. The molecule has 0 N–H and O–H groups in total. The molecule has 0 aliphatic rings. The molecule has 0 radical (unpaired) electrons. The Morgan fingerprint density at radius 1 is 1.20 bits per heavy atom. The first-order valence-electron chi connectivity index (χ1n) is 6.54. The van der Waals surface area contributed by atoms with E-state index in [1.165, 1.54) is 6.07 Å². The highest BCUT2D eigenvalue weighted by Crippen LogP contribution is 2.33. The van der Waals surface area contributed by atoms with Gasteiger partial charge >= 0.3 is 6.18 Å². The topological polar surface area (TPSA) is 3.24 Å².